The second-order valence-corrected chi connectivity index (χ2v) is 7.68. The van der Waals surface area contributed by atoms with Crippen LogP contribution in [-0.2, 0) is 4.79 Å². The highest BCUT2D eigenvalue weighted by Crippen LogP contribution is 2.42. The first kappa shape index (κ1) is 18.8. The van der Waals surface area contributed by atoms with Crippen LogP contribution in [0.4, 0.5) is 14.5 Å². The Hall–Kier alpha value is -2.57. The summed E-state index contributed by atoms with van der Waals surface area (Å²) in [6.45, 7) is 0. The summed E-state index contributed by atoms with van der Waals surface area (Å²) in [5.74, 6) is 0.0253. The first-order chi connectivity index (χ1) is 13.5. The zero-order valence-electron chi connectivity index (χ0n) is 14.4. The molecule has 0 spiro atoms. The number of carbonyl (C=O) groups excluding carboxylic acids is 1. The summed E-state index contributed by atoms with van der Waals surface area (Å²) >= 11 is 7.19. The molecule has 3 aromatic rings. The van der Waals surface area contributed by atoms with Crippen molar-refractivity contribution in [3.8, 4) is 11.5 Å². The third kappa shape index (κ3) is 3.98. The van der Waals surface area contributed by atoms with Crippen molar-refractivity contribution in [3.05, 3.63) is 89.0 Å². The maximum Gasteiger partial charge on any atom is 0.238 e. The first-order valence-electron chi connectivity index (χ1n) is 8.43. The molecule has 1 unspecified atom stereocenters. The molecule has 0 aliphatic carbocycles. The number of nitrogens with zero attached hydrogens (tertiary/aromatic N) is 1. The summed E-state index contributed by atoms with van der Waals surface area (Å²) in [6.07, 6.45) is 0. The van der Waals surface area contributed by atoms with E-state index in [9.17, 15) is 13.6 Å². The molecule has 0 bridgehead atoms. The van der Waals surface area contributed by atoms with E-state index >= 15 is 0 Å². The van der Waals surface area contributed by atoms with Crippen LogP contribution in [0.2, 0.25) is 5.02 Å². The normalized spacial score (nSPS) is 16.5. The van der Waals surface area contributed by atoms with Crippen LogP contribution in [0.5, 0.6) is 11.5 Å². The summed E-state index contributed by atoms with van der Waals surface area (Å²) < 4.78 is 33.0. The lowest BCUT2D eigenvalue weighted by Gasteiger charge is -2.24. The van der Waals surface area contributed by atoms with E-state index in [1.165, 1.54) is 23.9 Å². The summed E-state index contributed by atoms with van der Waals surface area (Å²) in [6, 6.07) is 17.3. The van der Waals surface area contributed by atoms with Gasteiger partial charge in [0.05, 0.1) is 5.75 Å². The number of halogens is 3. The highest BCUT2D eigenvalue weighted by atomic mass is 35.5. The Labute approximate surface area is 169 Å². The number of thioether (sulfide) groups is 1. The molecule has 1 heterocycles. The number of ether oxygens (including phenoxy) is 1. The fraction of sp³-hybridized carbons (Fsp3) is 0.0952. The number of hydrogen-bond donors (Lipinski definition) is 0. The van der Waals surface area contributed by atoms with E-state index in [0.717, 1.165) is 6.07 Å². The lowest BCUT2D eigenvalue weighted by molar-refractivity contribution is -0.115. The zero-order chi connectivity index (χ0) is 19.7. The van der Waals surface area contributed by atoms with Gasteiger partial charge >= 0.3 is 0 Å². The maximum absolute atomic E-state index is 13.6. The number of benzene rings is 3. The second-order valence-electron chi connectivity index (χ2n) is 6.18. The van der Waals surface area contributed by atoms with Crippen LogP contribution in [0.25, 0.3) is 0 Å². The van der Waals surface area contributed by atoms with E-state index in [1.54, 1.807) is 53.4 Å². The number of carbonyl (C=O) groups is 1. The fourth-order valence-electron chi connectivity index (χ4n) is 2.98. The van der Waals surface area contributed by atoms with E-state index in [-0.39, 0.29) is 11.7 Å². The Kier molecular flexibility index (Phi) is 5.24. The minimum atomic E-state index is -0.665. The van der Waals surface area contributed by atoms with Crippen LogP contribution in [0.1, 0.15) is 10.9 Å². The molecule has 1 fully saturated rings. The van der Waals surface area contributed by atoms with Crippen molar-refractivity contribution in [1.29, 1.82) is 0 Å². The van der Waals surface area contributed by atoms with Crippen molar-refractivity contribution in [1.82, 2.24) is 0 Å². The van der Waals surface area contributed by atoms with Gasteiger partial charge in [-0.25, -0.2) is 8.78 Å². The van der Waals surface area contributed by atoms with E-state index in [1.807, 2.05) is 0 Å². The second kappa shape index (κ2) is 7.81. The third-order valence-corrected chi connectivity index (χ3v) is 5.67. The highest BCUT2D eigenvalue weighted by Gasteiger charge is 2.34. The zero-order valence-corrected chi connectivity index (χ0v) is 16.0. The molecule has 4 rings (SSSR count). The minimum Gasteiger partial charge on any atom is -0.457 e. The monoisotopic (exact) mass is 417 g/mol. The lowest BCUT2D eigenvalue weighted by Crippen LogP contribution is -2.27. The lowest BCUT2D eigenvalue weighted by atomic mass is 10.1. The van der Waals surface area contributed by atoms with Gasteiger partial charge in [-0.1, -0.05) is 11.6 Å². The quantitative estimate of drug-likeness (QED) is 0.507. The molecule has 0 aromatic heterocycles. The molecule has 1 atom stereocenters. The van der Waals surface area contributed by atoms with E-state index in [0.29, 0.717) is 27.8 Å². The smallest absolute Gasteiger partial charge is 0.238 e. The Balaban J connectivity index is 1.57. The topological polar surface area (TPSA) is 29.5 Å². The Morgan fingerprint density at radius 1 is 0.929 bits per heavy atom. The summed E-state index contributed by atoms with van der Waals surface area (Å²) in [7, 11) is 0. The van der Waals surface area contributed by atoms with Crippen molar-refractivity contribution in [2.24, 2.45) is 0 Å². The van der Waals surface area contributed by atoms with Gasteiger partial charge in [-0.15, -0.1) is 11.8 Å². The number of rotatable bonds is 4. The molecule has 0 radical (unpaired) electrons. The Morgan fingerprint density at radius 2 is 1.50 bits per heavy atom. The molecule has 142 valence electrons. The number of hydrogen-bond acceptors (Lipinski definition) is 3. The predicted molar refractivity (Wildman–Crippen MR) is 107 cm³/mol. The summed E-state index contributed by atoms with van der Waals surface area (Å²) in [4.78, 5) is 14.0. The van der Waals surface area contributed by atoms with Crippen LogP contribution < -0.4 is 9.64 Å². The molecular weight excluding hydrogens is 404 g/mol. The van der Waals surface area contributed by atoms with Gasteiger partial charge in [0.15, 0.2) is 0 Å². The van der Waals surface area contributed by atoms with Gasteiger partial charge < -0.3 is 4.74 Å². The fourth-order valence-corrected chi connectivity index (χ4v) is 4.26. The molecule has 3 nitrogen and oxygen atoms in total. The third-order valence-electron chi connectivity index (χ3n) is 4.20. The molecule has 1 aliphatic rings. The van der Waals surface area contributed by atoms with Crippen LogP contribution in [0.15, 0.2) is 66.7 Å². The SMILES string of the molecule is O=C1CSC(c2cc(F)cc(F)c2)N1c1ccc(Oc2ccc(Cl)cc2)cc1. The molecule has 28 heavy (non-hydrogen) atoms. The van der Waals surface area contributed by atoms with Gasteiger partial charge in [0.25, 0.3) is 0 Å². The van der Waals surface area contributed by atoms with Crippen molar-refractivity contribution in [2.75, 3.05) is 10.7 Å². The van der Waals surface area contributed by atoms with E-state index < -0.39 is 17.0 Å². The van der Waals surface area contributed by atoms with Crippen LogP contribution in [0.3, 0.4) is 0 Å². The minimum absolute atomic E-state index is 0.119. The largest absolute Gasteiger partial charge is 0.457 e. The van der Waals surface area contributed by atoms with Crippen LogP contribution >= 0.6 is 23.4 Å². The highest BCUT2D eigenvalue weighted by molar-refractivity contribution is 8.00. The first-order valence-corrected chi connectivity index (χ1v) is 9.85. The van der Waals surface area contributed by atoms with Gasteiger partial charge in [0.1, 0.15) is 28.5 Å². The van der Waals surface area contributed by atoms with Crippen molar-refractivity contribution in [3.63, 3.8) is 0 Å². The van der Waals surface area contributed by atoms with Gasteiger partial charge in [-0.2, -0.15) is 0 Å². The van der Waals surface area contributed by atoms with E-state index in [2.05, 4.69) is 0 Å². The molecular formula is C21H14ClF2NO2S. The van der Waals surface area contributed by atoms with Crippen molar-refractivity contribution >= 4 is 35.0 Å². The maximum atomic E-state index is 13.6. The van der Waals surface area contributed by atoms with Gasteiger partial charge in [0, 0.05) is 16.8 Å². The molecule has 1 amide bonds. The van der Waals surface area contributed by atoms with Crippen LogP contribution in [0, 0.1) is 11.6 Å². The average molecular weight is 418 g/mol. The Bertz CT molecular complexity index is 992. The molecule has 7 heteroatoms. The standard InChI is InChI=1S/C21H14ClF2NO2S/c22-14-1-5-18(6-2-14)27-19-7-3-17(4-8-19)25-20(26)12-28-21(25)13-9-15(23)11-16(24)10-13/h1-11,21H,12H2. The van der Waals surface area contributed by atoms with Crippen LogP contribution in [-0.4, -0.2) is 11.7 Å². The summed E-state index contributed by atoms with van der Waals surface area (Å²) in [5.41, 5.74) is 1.04. The van der Waals surface area contributed by atoms with Gasteiger partial charge in [-0.3, -0.25) is 9.69 Å². The molecule has 1 aliphatic heterocycles. The molecule has 1 saturated heterocycles. The molecule has 3 aromatic carbocycles. The van der Waals surface area contributed by atoms with E-state index in [4.69, 9.17) is 16.3 Å². The average Bonchev–Trinajstić information content (AvgIpc) is 3.05. The van der Waals surface area contributed by atoms with Gasteiger partial charge in [-0.05, 0) is 66.2 Å². The van der Waals surface area contributed by atoms with Crippen molar-refractivity contribution in [2.45, 2.75) is 5.37 Å². The van der Waals surface area contributed by atoms with Gasteiger partial charge in [0.2, 0.25) is 5.91 Å². The summed E-state index contributed by atoms with van der Waals surface area (Å²) in [5, 5.41) is 0.133. The number of anilines is 1. The Morgan fingerprint density at radius 3 is 2.11 bits per heavy atom. The predicted octanol–water partition coefficient (Wildman–Crippen LogP) is 6.19. The number of amides is 1. The molecule has 0 saturated carbocycles. The van der Waals surface area contributed by atoms with Crippen molar-refractivity contribution < 1.29 is 18.3 Å². The molecule has 0 N–H and O–H groups in total.